The van der Waals surface area contributed by atoms with Crippen LogP contribution in [-0.2, 0) is 30.2 Å². The maximum absolute atomic E-state index is 13.8. The number of carbonyl (C=O) groups excluding carboxylic acids is 1. The second kappa shape index (κ2) is 9.49. The Morgan fingerprint density at radius 2 is 1.69 bits per heavy atom. The molecule has 3 aliphatic rings. The van der Waals surface area contributed by atoms with Gasteiger partial charge in [0.2, 0.25) is 10.0 Å². The number of hydrogen-bond acceptors (Lipinski definition) is 6. The lowest BCUT2D eigenvalue weighted by Gasteiger charge is -2.34. The van der Waals surface area contributed by atoms with Crippen molar-refractivity contribution in [1.29, 1.82) is 0 Å². The van der Waals surface area contributed by atoms with Gasteiger partial charge in [0, 0.05) is 34.4 Å². The van der Waals surface area contributed by atoms with Crippen molar-refractivity contribution >= 4 is 37.9 Å². The molecule has 0 unspecified atom stereocenters. The van der Waals surface area contributed by atoms with E-state index in [1.54, 1.807) is 30.3 Å². The van der Waals surface area contributed by atoms with Crippen LogP contribution in [0.4, 0.5) is 11.4 Å². The summed E-state index contributed by atoms with van der Waals surface area (Å²) in [7, 11) is -4.92. The predicted octanol–water partition coefficient (Wildman–Crippen LogP) is 5.76. The summed E-state index contributed by atoms with van der Waals surface area (Å²) < 4.78 is 43.9. The quantitative estimate of drug-likeness (QED) is 0.499. The number of hydrogen-bond donors (Lipinski definition) is 1. The fourth-order valence-electron chi connectivity index (χ4n) is 6.16. The number of anilines is 2. The molecule has 2 aromatic carbocycles. The van der Waals surface area contributed by atoms with E-state index in [4.69, 9.17) is 0 Å². The highest BCUT2D eigenvalue weighted by Crippen LogP contribution is 2.50. The highest BCUT2D eigenvalue weighted by molar-refractivity contribution is 7.92. The summed E-state index contributed by atoms with van der Waals surface area (Å²) in [6.45, 7) is 2.63. The first kappa shape index (κ1) is 25.3. The van der Waals surface area contributed by atoms with Crippen molar-refractivity contribution < 1.29 is 17.4 Å². The van der Waals surface area contributed by atoms with Crippen LogP contribution in [0.2, 0.25) is 0 Å². The van der Waals surface area contributed by atoms with Gasteiger partial charge in [-0.1, -0.05) is 55.2 Å². The third-order valence-corrected chi connectivity index (χ3v) is 9.82. The van der Waals surface area contributed by atoms with Gasteiger partial charge in [0.1, 0.15) is 0 Å². The molecule has 1 heterocycles. The van der Waals surface area contributed by atoms with Gasteiger partial charge in [0.05, 0.1) is 6.26 Å². The number of nitrogens with zero attached hydrogens (tertiary/aromatic N) is 2. The number of carbonyl (C=O) groups is 1. The average molecular weight is 529 g/mol. The lowest BCUT2D eigenvalue weighted by atomic mass is 9.70. The molecule has 0 bridgehead atoms. The molecular weight excluding hydrogens is 494 g/mol. The maximum atomic E-state index is 13.8. The van der Waals surface area contributed by atoms with Crippen molar-refractivity contribution in [2.75, 3.05) is 22.4 Å². The average Bonchev–Trinajstić information content (AvgIpc) is 3.40. The molecule has 7 nitrogen and oxygen atoms in total. The van der Waals surface area contributed by atoms with Gasteiger partial charge in [-0.15, -0.1) is 0 Å². The highest BCUT2D eigenvalue weighted by Gasteiger charge is 2.45. The summed E-state index contributed by atoms with van der Waals surface area (Å²) in [4.78, 5) is 16.2. The first-order valence-electron chi connectivity index (χ1n) is 12.8. The Morgan fingerprint density at radius 1 is 1.00 bits per heavy atom. The summed E-state index contributed by atoms with van der Waals surface area (Å²) in [5, 5.41) is 0. The zero-order valence-electron chi connectivity index (χ0n) is 21.0. The summed E-state index contributed by atoms with van der Waals surface area (Å²) in [5.41, 5.74) is 2.44. The summed E-state index contributed by atoms with van der Waals surface area (Å²) in [6.07, 6.45) is 10.5. The Bertz CT molecular complexity index is 1370. The fraction of sp³-hybridized carbons (Fsp3) is 0.519. The molecule has 0 saturated heterocycles. The Labute approximate surface area is 215 Å². The zero-order valence-corrected chi connectivity index (χ0v) is 22.6. The number of sulfonamides is 1. The molecule has 2 fully saturated rings. The van der Waals surface area contributed by atoms with Gasteiger partial charge in [0.15, 0.2) is 0 Å². The second-order valence-corrected chi connectivity index (χ2v) is 13.8. The van der Waals surface area contributed by atoms with Gasteiger partial charge < -0.3 is 13.5 Å². The molecule has 194 valence electrons. The van der Waals surface area contributed by atoms with Crippen LogP contribution in [0.25, 0.3) is 0 Å². The van der Waals surface area contributed by atoms with Crippen molar-refractivity contribution in [2.24, 2.45) is 4.36 Å². The zero-order chi connectivity index (χ0) is 25.6. The van der Waals surface area contributed by atoms with E-state index in [2.05, 4.69) is 16.0 Å². The summed E-state index contributed by atoms with van der Waals surface area (Å²) in [5.74, 6) is -0.131. The van der Waals surface area contributed by atoms with E-state index in [0.29, 0.717) is 22.7 Å². The minimum atomic E-state index is -3.40. The van der Waals surface area contributed by atoms with E-state index in [-0.39, 0.29) is 16.9 Å². The molecule has 1 amide bonds. The number of amides is 1. The van der Waals surface area contributed by atoms with Crippen LogP contribution in [0.1, 0.15) is 80.6 Å². The van der Waals surface area contributed by atoms with E-state index in [9.17, 15) is 17.4 Å². The van der Waals surface area contributed by atoms with E-state index in [1.165, 1.54) is 6.42 Å². The Morgan fingerprint density at radius 3 is 2.39 bits per heavy atom. The van der Waals surface area contributed by atoms with E-state index < -0.39 is 20.6 Å². The molecule has 36 heavy (non-hydrogen) atoms. The number of fused-ring (bicyclic) bond motifs is 2. The van der Waals surface area contributed by atoms with Crippen molar-refractivity contribution in [2.45, 2.75) is 80.6 Å². The van der Waals surface area contributed by atoms with Crippen LogP contribution in [0.15, 0.2) is 51.7 Å². The molecule has 2 aromatic rings. The number of rotatable bonds is 5. The van der Waals surface area contributed by atoms with Gasteiger partial charge >= 0.3 is 0 Å². The standard InChI is InChI=1S/C27H34N3O4S2/c1-26(13-6-7-14-26)29-35(32)22-10-8-9-20(17-22)25(31)30-19-27(15-4-3-5-16-27)23-18-21(11-12-24(23)30)28-36(2,33)34/h8-12,17-18,28H,3-7,13-16,19H2,1-2H3/q-1. The lowest BCUT2D eigenvalue weighted by molar-refractivity contribution is 0.0982. The number of nitrogens with one attached hydrogen (secondary N) is 1. The third-order valence-electron chi connectivity index (χ3n) is 7.95. The molecule has 1 N–H and O–H groups in total. The first-order chi connectivity index (χ1) is 17.1. The van der Waals surface area contributed by atoms with Gasteiger partial charge in [-0.05, 0) is 62.4 Å². The molecule has 2 aliphatic carbocycles. The van der Waals surface area contributed by atoms with Gasteiger partial charge in [0.25, 0.3) is 5.91 Å². The topological polar surface area (TPSA) is 95.9 Å². The van der Waals surface area contributed by atoms with Crippen LogP contribution >= 0.6 is 0 Å². The largest absolute Gasteiger partial charge is 0.440 e. The molecule has 5 rings (SSSR count). The molecule has 1 spiro atoms. The normalized spacial score (nSPS) is 21.4. The van der Waals surface area contributed by atoms with Crippen LogP contribution in [-0.4, -0.2) is 32.7 Å². The van der Waals surface area contributed by atoms with Crippen LogP contribution in [0.3, 0.4) is 0 Å². The summed E-state index contributed by atoms with van der Waals surface area (Å²) >= 11 is 0. The van der Waals surface area contributed by atoms with Crippen molar-refractivity contribution in [3.8, 4) is 0 Å². The molecule has 2 saturated carbocycles. The third kappa shape index (κ3) is 5.05. The predicted molar refractivity (Wildman–Crippen MR) is 143 cm³/mol. The van der Waals surface area contributed by atoms with Crippen LogP contribution in [0.5, 0.6) is 0 Å². The van der Waals surface area contributed by atoms with Crippen molar-refractivity contribution in [1.82, 2.24) is 0 Å². The molecule has 0 radical (unpaired) electrons. The van der Waals surface area contributed by atoms with Crippen LogP contribution in [0, 0.1) is 0 Å². The lowest BCUT2D eigenvalue weighted by Crippen LogP contribution is -2.38. The minimum absolute atomic E-state index is 0.131. The smallest absolute Gasteiger partial charge is 0.258 e. The Balaban J connectivity index is 1.48. The van der Waals surface area contributed by atoms with Crippen molar-refractivity contribution in [3.63, 3.8) is 0 Å². The summed E-state index contributed by atoms with van der Waals surface area (Å²) in [6, 6.07) is 12.5. The molecule has 9 heteroatoms. The van der Waals surface area contributed by atoms with E-state index >= 15 is 0 Å². The van der Waals surface area contributed by atoms with E-state index in [0.717, 1.165) is 68.9 Å². The monoisotopic (exact) mass is 528 g/mol. The van der Waals surface area contributed by atoms with E-state index in [1.807, 2.05) is 17.0 Å². The minimum Gasteiger partial charge on any atom is -0.440 e. The van der Waals surface area contributed by atoms with Crippen LogP contribution < -0.4 is 9.62 Å². The van der Waals surface area contributed by atoms with Gasteiger partial charge in [-0.2, -0.15) is 10.6 Å². The fourth-order valence-corrected chi connectivity index (χ4v) is 7.82. The Kier molecular flexibility index (Phi) is 6.66. The first-order valence-corrected chi connectivity index (χ1v) is 15.8. The van der Waals surface area contributed by atoms with Gasteiger partial charge in [-0.25, -0.2) is 8.42 Å². The molecule has 0 aromatic heterocycles. The number of benzene rings is 2. The van der Waals surface area contributed by atoms with Gasteiger partial charge in [-0.3, -0.25) is 9.52 Å². The van der Waals surface area contributed by atoms with Crippen molar-refractivity contribution in [3.05, 3.63) is 53.6 Å². The maximum Gasteiger partial charge on any atom is 0.258 e. The second-order valence-electron chi connectivity index (χ2n) is 10.9. The molecular formula is C27H34N3O4S2-. The highest BCUT2D eigenvalue weighted by atomic mass is 32.2. The Hall–Kier alpha value is -2.39. The molecule has 1 aliphatic heterocycles. The SMILES string of the molecule is CC1(N=[S-](=O)c2cccc(C(=O)N3CC4(CCCCC4)c4cc(NS(C)(=O)=O)ccc43)c2)CCCC1. The molecule has 0 atom stereocenters.